The lowest BCUT2D eigenvalue weighted by Crippen LogP contribution is -2.44. The number of nitrogens with zero attached hydrogens (tertiary/aromatic N) is 1. The van der Waals surface area contributed by atoms with Crippen LogP contribution in [0.3, 0.4) is 0 Å². The highest BCUT2D eigenvalue weighted by atomic mass is 32.2. The molecular formula is C15H22N2O2S. The van der Waals surface area contributed by atoms with Crippen molar-refractivity contribution in [3.8, 4) is 0 Å². The van der Waals surface area contributed by atoms with Gasteiger partial charge in [0.2, 0.25) is 10.0 Å². The van der Waals surface area contributed by atoms with Crippen LogP contribution < -0.4 is 5.32 Å². The van der Waals surface area contributed by atoms with Gasteiger partial charge in [-0.2, -0.15) is 4.31 Å². The van der Waals surface area contributed by atoms with Gasteiger partial charge in [0, 0.05) is 25.7 Å². The van der Waals surface area contributed by atoms with Crippen molar-refractivity contribution >= 4 is 10.0 Å². The van der Waals surface area contributed by atoms with E-state index in [1.54, 1.807) is 10.4 Å². The van der Waals surface area contributed by atoms with E-state index in [0.29, 0.717) is 17.4 Å². The van der Waals surface area contributed by atoms with Crippen molar-refractivity contribution in [2.45, 2.75) is 50.7 Å². The van der Waals surface area contributed by atoms with Gasteiger partial charge in [0.15, 0.2) is 0 Å². The summed E-state index contributed by atoms with van der Waals surface area (Å²) in [6.07, 6.45) is 1.90. The van der Waals surface area contributed by atoms with Gasteiger partial charge < -0.3 is 5.32 Å². The van der Waals surface area contributed by atoms with Gasteiger partial charge in [0.1, 0.15) is 0 Å². The lowest BCUT2D eigenvalue weighted by Gasteiger charge is -2.35. The molecule has 0 radical (unpaired) electrons. The molecule has 1 N–H and O–H groups in total. The molecule has 0 bridgehead atoms. The molecule has 110 valence electrons. The van der Waals surface area contributed by atoms with Gasteiger partial charge in [-0.1, -0.05) is 13.0 Å². The molecule has 0 aliphatic carbocycles. The summed E-state index contributed by atoms with van der Waals surface area (Å²) < 4.78 is 27.3. The number of hydrogen-bond donors (Lipinski definition) is 1. The van der Waals surface area contributed by atoms with Crippen LogP contribution in [0.1, 0.15) is 37.8 Å². The second kappa shape index (κ2) is 5.13. The third-order valence-electron chi connectivity index (χ3n) is 4.49. The van der Waals surface area contributed by atoms with Crippen LogP contribution in [0.15, 0.2) is 23.1 Å². The van der Waals surface area contributed by atoms with Crippen molar-refractivity contribution in [3.63, 3.8) is 0 Å². The van der Waals surface area contributed by atoms with Crippen LogP contribution in [0.25, 0.3) is 0 Å². The second-order valence-electron chi connectivity index (χ2n) is 6.13. The molecule has 3 rings (SSSR count). The maximum atomic E-state index is 12.8. The normalized spacial score (nSPS) is 27.5. The van der Waals surface area contributed by atoms with Crippen molar-refractivity contribution in [2.24, 2.45) is 5.92 Å². The maximum absolute atomic E-state index is 12.8. The SMILES string of the molecule is CC1CCN(S(=O)(=O)c2ccc3c(c2)CNC3)C(C)C1. The summed E-state index contributed by atoms with van der Waals surface area (Å²) >= 11 is 0. The van der Waals surface area contributed by atoms with Crippen molar-refractivity contribution in [1.82, 2.24) is 9.62 Å². The number of piperidine rings is 1. The minimum absolute atomic E-state index is 0.0927. The van der Waals surface area contributed by atoms with Crippen molar-refractivity contribution < 1.29 is 8.42 Å². The van der Waals surface area contributed by atoms with E-state index >= 15 is 0 Å². The number of hydrogen-bond acceptors (Lipinski definition) is 3. The van der Waals surface area contributed by atoms with Crippen LogP contribution >= 0.6 is 0 Å². The van der Waals surface area contributed by atoms with E-state index in [9.17, 15) is 8.42 Å². The first-order chi connectivity index (χ1) is 9.48. The molecule has 5 heteroatoms. The summed E-state index contributed by atoms with van der Waals surface area (Å²) in [7, 11) is -3.35. The zero-order valence-electron chi connectivity index (χ0n) is 12.1. The lowest BCUT2D eigenvalue weighted by atomic mass is 9.95. The Labute approximate surface area is 121 Å². The number of benzene rings is 1. The van der Waals surface area contributed by atoms with Crippen LogP contribution in [0.5, 0.6) is 0 Å². The van der Waals surface area contributed by atoms with E-state index in [1.165, 1.54) is 5.56 Å². The van der Waals surface area contributed by atoms with Crippen molar-refractivity contribution in [2.75, 3.05) is 6.54 Å². The molecule has 2 aliphatic heterocycles. The Hall–Kier alpha value is -0.910. The quantitative estimate of drug-likeness (QED) is 0.909. The first kappa shape index (κ1) is 14.0. The van der Waals surface area contributed by atoms with E-state index in [4.69, 9.17) is 0 Å². The van der Waals surface area contributed by atoms with Crippen molar-refractivity contribution in [3.05, 3.63) is 29.3 Å². The fourth-order valence-corrected chi connectivity index (χ4v) is 5.02. The van der Waals surface area contributed by atoms with Gasteiger partial charge in [-0.15, -0.1) is 0 Å². The van der Waals surface area contributed by atoms with E-state index < -0.39 is 10.0 Å². The molecule has 2 aliphatic rings. The van der Waals surface area contributed by atoms with Gasteiger partial charge in [0.25, 0.3) is 0 Å². The van der Waals surface area contributed by atoms with Gasteiger partial charge in [0.05, 0.1) is 4.90 Å². The van der Waals surface area contributed by atoms with Gasteiger partial charge >= 0.3 is 0 Å². The Morgan fingerprint density at radius 1 is 1.20 bits per heavy atom. The Kier molecular flexibility index (Phi) is 3.60. The summed E-state index contributed by atoms with van der Waals surface area (Å²) in [5.41, 5.74) is 2.33. The lowest BCUT2D eigenvalue weighted by molar-refractivity contribution is 0.220. The molecule has 20 heavy (non-hydrogen) atoms. The minimum Gasteiger partial charge on any atom is -0.309 e. The number of fused-ring (bicyclic) bond motifs is 1. The molecular weight excluding hydrogens is 272 g/mol. The molecule has 1 fully saturated rings. The average molecular weight is 294 g/mol. The molecule has 2 heterocycles. The largest absolute Gasteiger partial charge is 0.309 e. The van der Waals surface area contributed by atoms with E-state index in [1.807, 2.05) is 19.1 Å². The molecule has 1 aromatic carbocycles. The Morgan fingerprint density at radius 3 is 2.70 bits per heavy atom. The van der Waals surface area contributed by atoms with Crippen molar-refractivity contribution in [1.29, 1.82) is 0 Å². The van der Waals surface area contributed by atoms with E-state index in [-0.39, 0.29) is 6.04 Å². The van der Waals surface area contributed by atoms with Gasteiger partial charge in [-0.25, -0.2) is 8.42 Å². The fourth-order valence-electron chi connectivity index (χ4n) is 3.31. The van der Waals surface area contributed by atoms with Crippen LogP contribution in [-0.4, -0.2) is 25.3 Å². The summed E-state index contributed by atoms with van der Waals surface area (Å²) in [5, 5.41) is 3.25. The maximum Gasteiger partial charge on any atom is 0.243 e. The first-order valence-corrected chi connectivity index (χ1v) is 8.77. The van der Waals surface area contributed by atoms with E-state index in [0.717, 1.165) is 31.5 Å². The van der Waals surface area contributed by atoms with Gasteiger partial charge in [-0.3, -0.25) is 0 Å². The standard InChI is InChI=1S/C15H22N2O2S/c1-11-5-6-17(12(2)7-11)20(18,19)15-4-3-13-9-16-10-14(13)8-15/h3-4,8,11-12,16H,5-7,9-10H2,1-2H3. The molecule has 4 nitrogen and oxygen atoms in total. The number of sulfonamides is 1. The smallest absolute Gasteiger partial charge is 0.243 e. The summed E-state index contributed by atoms with van der Waals surface area (Å²) in [6.45, 7) is 6.46. The van der Waals surface area contributed by atoms with Gasteiger partial charge in [-0.05, 0) is 48.9 Å². The Bertz CT molecular complexity index is 612. The molecule has 0 spiro atoms. The summed E-state index contributed by atoms with van der Waals surface area (Å²) in [4.78, 5) is 0.446. The third-order valence-corrected chi connectivity index (χ3v) is 6.50. The van der Waals surface area contributed by atoms with Crippen LogP contribution in [0, 0.1) is 5.92 Å². The monoisotopic (exact) mass is 294 g/mol. The molecule has 2 atom stereocenters. The average Bonchev–Trinajstić information content (AvgIpc) is 2.85. The summed E-state index contributed by atoms with van der Waals surface area (Å²) in [6, 6.07) is 5.64. The van der Waals surface area contributed by atoms with Crippen LogP contribution in [0.4, 0.5) is 0 Å². The summed E-state index contributed by atoms with van der Waals surface area (Å²) in [5.74, 6) is 0.612. The molecule has 1 aromatic rings. The van der Waals surface area contributed by atoms with Crippen LogP contribution in [-0.2, 0) is 23.1 Å². The zero-order valence-corrected chi connectivity index (χ0v) is 12.9. The Morgan fingerprint density at radius 2 is 1.95 bits per heavy atom. The van der Waals surface area contributed by atoms with E-state index in [2.05, 4.69) is 12.2 Å². The third kappa shape index (κ3) is 2.38. The topological polar surface area (TPSA) is 49.4 Å². The molecule has 0 amide bonds. The predicted octanol–water partition coefficient (Wildman–Crippen LogP) is 2.10. The second-order valence-corrected chi connectivity index (χ2v) is 8.02. The highest BCUT2D eigenvalue weighted by Gasteiger charge is 2.33. The number of rotatable bonds is 2. The molecule has 2 unspecified atom stereocenters. The molecule has 0 aromatic heterocycles. The first-order valence-electron chi connectivity index (χ1n) is 7.33. The van der Waals surface area contributed by atoms with Crippen LogP contribution in [0.2, 0.25) is 0 Å². The predicted molar refractivity (Wildman–Crippen MR) is 78.7 cm³/mol. The Balaban J connectivity index is 1.92. The fraction of sp³-hybridized carbons (Fsp3) is 0.600. The minimum atomic E-state index is -3.35. The molecule has 1 saturated heterocycles. The highest BCUT2D eigenvalue weighted by molar-refractivity contribution is 7.89. The number of nitrogens with one attached hydrogen (secondary N) is 1. The zero-order chi connectivity index (χ0) is 14.3. The highest BCUT2D eigenvalue weighted by Crippen LogP contribution is 2.29. The molecule has 0 saturated carbocycles.